The number of rotatable bonds is 6. The normalized spacial score (nSPS) is 11.6. The number of aryl methyl sites for hydroxylation is 3. The lowest BCUT2D eigenvalue weighted by atomic mass is 9.86. The Morgan fingerprint density at radius 2 is 1.89 bits per heavy atom. The lowest BCUT2D eigenvalue weighted by Crippen LogP contribution is -2.23. The molecule has 0 heterocycles. The Balaban J connectivity index is 2.43. The molecule has 1 aromatic rings. The summed E-state index contributed by atoms with van der Waals surface area (Å²) in [6.07, 6.45) is 3.81. The van der Waals surface area contributed by atoms with Crippen LogP contribution in [0.15, 0.2) is 18.2 Å². The summed E-state index contributed by atoms with van der Waals surface area (Å²) in [6.45, 7) is 7.84. The fraction of sp³-hybridized carbons (Fsp3) is 0.562. The van der Waals surface area contributed by atoms with Crippen molar-refractivity contribution in [3.05, 3.63) is 34.9 Å². The van der Waals surface area contributed by atoms with Gasteiger partial charge in [-0.3, -0.25) is 4.79 Å². The molecule has 0 atom stereocenters. The summed E-state index contributed by atoms with van der Waals surface area (Å²) in [6, 6.07) is 6.52. The van der Waals surface area contributed by atoms with Crippen LogP contribution in [-0.2, 0) is 11.2 Å². The number of aliphatic carboxylic acids is 1. The van der Waals surface area contributed by atoms with Crippen molar-refractivity contribution in [1.29, 1.82) is 0 Å². The third kappa shape index (κ3) is 4.17. The molecule has 18 heavy (non-hydrogen) atoms. The van der Waals surface area contributed by atoms with Gasteiger partial charge >= 0.3 is 5.97 Å². The SMILES string of the molecule is Cc1ccc(C)c(CCCCC(C)(C)C(=O)O)c1. The Labute approximate surface area is 110 Å². The topological polar surface area (TPSA) is 37.3 Å². The van der Waals surface area contributed by atoms with Gasteiger partial charge in [0.2, 0.25) is 0 Å². The first-order valence-electron chi connectivity index (χ1n) is 6.62. The molecule has 0 amide bonds. The average Bonchev–Trinajstić information content (AvgIpc) is 2.28. The lowest BCUT2D eigenvalue weighted by molar-refractivity contribution is -0.147. The second kappa shape index (κ2) is 6.03. The maximum absolute atomic E-state index is 11.0. The van der Waals surface area contributed by atoms with Gasteiger partial charge in [0.15, 0.2) is 0 Å². The zero-order chi connectivity index (χ0) is 13.8. The van der Waals surface area contributed by atoms with E-state index >= 15 is 0 Å². The van der Waals surface area contributed by atoms with Gasteiger partial charge in [0.05, 0.1) is 5.41 Å². The fourth-order valence-corrected chi connectivity index (χ4v) is 2.06. The van der Waals surface area contributed by atoms with Crippen LogP contribution in [0, 0.1) is 19.3 Å². The van der Waals surface area contributed by atoms with Gasteiger partial charge in [-0.2, -0.15) is 0 Å². The molecule has 0 aliphatic carbocycles. The molecule has 0 bridgehead atoms. The summed E-state index contributed by atoms with van der Waals surface area (Å²) in [5.74, 6) is -0.700. The van der Waals surface area contributed by atoms with Crippen molar-refractivity contribution in [2.24, 2.45) is 5.41 Å². The van der Waals surface area contributed by atoms with Crippen LogP contribution in [0.25, 0.3) is 0 Å². The molecule has 0 fully saturated rings. The van der Waals surface area contributed by atoms with Gasteiger partial charge in [-0.15, -0.1) is 0 Å². The number of carbonyl (C=O) groups is 1. The summed E-state index contributed by atoms with van der Waals surface area (Å²) in [5.41, 5.74) is 3.42. The van der Waals surface area contributed by atoms with Gasteiger partial charge in [0.25, 0.3) is 0 Å². The van der Waals surface area contributed by atoms with E-state index in [0.717, 1.165) is 25.7 Å². The van der Waals surface area contributed by atoms with Crippen molar-refractivity contribution < 1.29 is 9.90 Å². The van der Waals surface area contributed by atoms with Crippen molar-refractivity contribution >= 4 is 5.97 Å². The molecule has 1 aromatic carbocycles. The predicted octanol–water partition coefficient (Wildman–Crippen LogP) is 4.13. The van der Waals surface area contributed by atoms with Crippen LogP contribution in [0.2, 0.25) is 0 Å². The minimum Gasteiger partial charge on any atom is -0.481 e. The van der Waals surface area contributed by atoms with Crippen LogP contribution in [0.3, 0.4) is 0 Å². The maximum atomic E-state index is 11.0. The average molecular weight is 248 g/mol. The van der Waals surface area contributed by atoms with E-state index in [2.05, 4.69) is 32.0 Å². The molecule has 1 rings (SSSR count). The summed E-state index contributed by atoms with van der Waals surface area (Å²) < 4.78 is 0. The molecule has 1 N–H and O–H groups in total. The molecule has 100 valence electrons. The maximum Gasteiger partial charge on any atom is 0.309 e. The number of hydrogen-bond donors (Lipinski definition) is 1. The van der Waals surface area contributed by atoms with Gasteiger partial charge in [0.1, 0.15) is 0 Å². The molecular formula is C16H24O2. The fourth-order valence-electron chi connectivity index (χ4n) is 2.06. The van der Waals surface area contributed by atoms with E-state index in [-0.39, 0.29) is 0 Å². The predicted molar refractivity (Wildman–Crippen MR) is 74.9 cm³/mol. The zero-order valence-corrected chi connectivity index (χ0v) is 11.9. The Morgan fingerprint density at radius 1 is 1.22 bits per heavy atom. The van der Waals surface area contributed by atoms with E-state index in [1.165, 1.54) is 16.7 Å². The van der Waals surface area contributed by atoms with Crippen LogP contribution in [0.4, 0.5) is 0 Å². The lowest BCUT2D eigenvalue weighted by Gasteiger charge is -2.18. The summed E-state index contributed by atoms with van der Waals surface area (Å²) >= 11 is 0. The molecule has 0 aromatic heterocycles. The minimum absolute atomic E-state index is 0.596. The van der Waals surface area contributed by atoms with Crippen LogP contribution in [-0.4, -0.2) is 11.1 Å². The Kier molecular flexibility index (Phi) is 4.94. The zero-order valence-electron chi connectivity index (χ0n) is 11.9. The molecule has 0 aliphatic heterocycles. The highest BCUT2D eigenvalue weighted by atomic mass is 16.4. The highest BCUT2D eigenvalue weighted by Gasteiger charge is 2.25. The summed E-state index contributed by atoms with van der Waals surface area (Å²) in [7, 11) is 0. The largest absolute Gasteiger partial charge is 0.481 e. The molecule has 0 radical (unpaired) electrons. The monoisotopic (exact) mass is 248 g/mol. The molecule has 0 unspecified atom stereocenters. The van der Waals surface area contributed by atoms with Crippen molar-refractivity contribution in [3.8, 4) is 0 Å². The van der Waals surface area contributed by atoms with E-state index in [1.54, 1.807) is 13.8 Å². The second-order valence-electron chi connectivity index (χ2n) is 5.83. The van der Waals surface area contributed by atoms with Crippen LogP contribution in [0.1, 0.15) is 49.8 Å². The quantitative estimate of drug-likeness (QED) is 0.769. The minimum atomic E-state index is -0.700. The number of hydrogen-bond acceptors (Lipinski definition) is 1. The molecule has 2 heteroatoms. The highest BCUT2D eigenvalue weighted by molar-refractivity contribution is 5.73. The molecule has 2 nitrogen and oxygen atoms in total. The Morgan fingerprint density at radius 3 is 2.50 bits per heavy atom. The van der Waals surface area contributed by atoms with Crippen molar-refractivity contribution in [2.45, 2.75) is 53.4 Å². The van der Waals surface area contributed by atoms with Gasteiger partial charge in [-0.25, -0.2) is 0 Å². The molecule has 0 spiro atoms. The standard InChI is InChI=1S/C16H24O2/c1-12-8-9-13(2)14(11-12)7-5-6-10-16(3,4)15(17)18/h8-9,11H,5-7,10H2,1-4H3,(H,17,18). The Hall–Kier alpha value is -1.31. The Bertz CT molecular complexity index is 419. The summed E-state index contributed by atoms with van der Waals surface area (Å²) in [5, 5.41) is 9.04. The summed E-state index contributed by atoms with van der Waals surface area (Å²) in [4.78, 5) is 11.0. The van der Waals surface area contributed by atoms with Crippen LogP contribution >= 0.6 is 0 Å². The number of carboxylic acid groups (broad SMARTS) is 1. The molecule has 0 aliphatic rings. The first kappa shape index (κ1) is 14.7. The smallest absolute Gasteiger partial charge is 0.309 e. The van der Waals surface area contributed by atoms with Gasteiger partial charge in [0, 0.05) is 0 Å². The number of benzene rings is 1. The first-order valence-corrected chi connectivity index (χ1v) is 6.62. The van der Waals surface area contributed by atoms with Gasteiger partial charge in [-0.1, -0.05) is 30.2 Å². The molecular weight excluding hydrogens is 224 g/mol. The third-order valence-corrected chi connectivity index (χ3v) is 3.58. The van der Waals surface area contributed by atoms with Gasteiger partial charge < -0.3 is 5.11 Å². The number of unbranched alkanes of at least 4 members (excludes halogenated alkanes) is 1. The van der Waals surface area contributed by atoms with Crippen molar-refractivity contribution in [1.82, 2.24) is 0 Å². The van der Waals surface area contributed by atoms with Crippen LogP contribution in [0.5, 0.6) is 0 Å². The van der Waals surface area contributed by atoms with E-state index in [4.69, 9.17) is 5.11 Å². The third-order valence-electron chi connectivity index (χ3n) is 3.58. The molecule has 0 saturated heterocycles. The molecule has 0 saturated carbocycles. The highest BCUT2D eigenvalue weighted by Crippen LogP contribution is 2.24. The van der Waals surface area contributed by atoms with Crippen molar-refractivity contribution in [3.63, 3.8) is 0 Å². The van der Waals surface area contributed by atoms with E-state index in [1.807, 2.05) is 0 Å². The van der Waals surface area contributed by atoms with E-state index in [0.29, 0.717) is 0 Å². The van der Waals surface area contributed by atoms with Crippen LogP contribution < -0.4 is 0 Å². The second-order valence-corrected chi connectivity index (χ2v) is 5.83. The number of carboxylic acids is 1. The van der Waals surface area contributed by atoms with E-state index in [9.17, 15) is 4.79 Å². The van der Waals surface area contributed by atoms with Crippen molar-refractivity contribution in [2.75, 3.05) is 0 Å². The van der Waals surface area contributed by atoms with Gasteiger partial charge in [-0.05, 0) is 58.1 Å². The van der Waals surface area contributed by atoms with E-state index < -0.39 is 11.4 Å². The first-order chi connectivity index (χ1) is 8.33.